The monoisotopic (exact) mass is 545 g/mol. The molecule has 2 aromatic heterocycles. The van der Waals surface area contributed by atoms with Gasteiger partial charge in [-0.25, -0.2) is 9.78 Å². The van der Waals surface area contributed by atoms with Gasteiger partial charge in [0.05, 0.1) is 23.2 Å². The number of aromatic nitrogens is 2. The first-order valence-corrected chi connectivity index (χ1v) is 13.4. The second-order valence-corrected chi connectivity index (χ2v) is 10.6. The van der Waals surface area contributed by atoms with E-state index in [1.807, 2.05) is 49.1 Å². The van der Waals surface area contributed by atoms with Gasteiger partial charge in [0.25, 0.3) is 5.56 Å². The highest BCUT2D eigenvalue weighted by molar-refractivity contribution is 5.94. The Morgan fingerprint density at radius 1 is 1.10 bits per heavy atom. The Morgan fingerprint density at radius 3 is 2.46 bits per heavy atom. The number of carboxylic acid groups (broad SMARTS) is 1. The van der Waals surface area contributed by atoms with Crippen molar-refractivity contribution in [3.8, 4) is 12.1 Å². The SMILES string of the molecule is Cc1cc([C@@H](C)Nc2ccccc2C(=O)O)c2nc(N3CC4CC(C3)N4c3ccc(C#N)cc3)c(C#N)c(=O)n2c1. The molecule has 7 rings (SSSR count). The minimum absolute atomic E-state index is 0.00195. The van der Waals surface area contributed by atoms with Crippen LogP contribution >= 0.6 is 0 Å². The van der Waals surface area contributed by atoms with Gasteiger partial charge in [0, 0.05) is 48.3 Å². The number of piperazine rings is 1. The first-order valence-electron chi connectivity index (χ1n) is 13.4. The maximum absolute atomic E-state index is 13.6. The van der Waals surface area contributed by atoms with Crippen molar-refractivity contribution in [3.63, 3.8) is 0 Å². The van der Waals surface area contributed by atoms with E-state index >= 15 is 0 Å². The average Bonchev–Trinajstić information content (AvgIpc) is 2.97. The standard InChI is InChI=1S/C31H27N7O3/c1-18-11-25(19(2)34-27-6-4-3-5-24(27)31(40)41)29-35-28(26(14-33)30(39)37(29)15-18)36-16-22-12-23(17-36)38(22)21-9-7-20(13-32)8-10-21/h3-11,15,19,22-23,34H,12,16-17H2,1-2H3,(H,40,41)/t19-,22?,23?/m1/s1. The van der Waals surface area contributed by atoms with E-state index in [1.54, 1.807) is 24.4 Å². The lowest BCUT2D eigenvalue weighted by Gasteiger charge is -2.58. The Hall–Kier alpha value is -5.35. The summed E-state index contributed by atoms with van der Waals surface area (Å²) in [5.74, 6) is -0.668. The lowest BCUT2D eigenvalue weighted by Crippen LogP contribution is -2.69. The number of nitrogens with one attached hydrogen (secondary N) is 1. The van der Waals surface area contributed by atoms with E-state index in [4.69, 9.17) is 10.2 Å². The number of anilines is 3. The second kappa shape index (κ2) is 10.00. The third kappa shape index (κ3) is 4.40. The van der Waals surface area contributed by atoms with Crippen molar-refractivity contribution >= 4 is 28.8 Å². The summed E-state index contributed by atoms with van der Waals surface area (Å²) in [6, 6.07) is 20.4. The van der Waals surface area contributed by atoms with Crippen molar-refractivity contribution in [2.45, 2.75) is 38.4 Å². The number of nitrogens with zero attached hydrogens (tertiary/aromatic N) is 6. The Balaban J connectivity index is 1.37. The third-order valence-corrected chi connectivity index (χ3v) is 7.97. The van der Waals surface area contributed by atoms with Crippen molar-refractivity contribution in [1.29, 1.82) is 10.5 Å². The van der Waals surface area contributed by atoms with E-state index in [0.717, 1.165) is 23.2 Å². The summed E-state index contributed by atoms with van der Waals surface area (Å²) in [6.07, 6.45) is 2.68. The highest BCUT2D eigenvalue weighted by atomic mass is 16.4. The molecule has 3 aliphatic rings. The topological polar surface area (TPSA) is 138 Å². The smallest absolute Gasteiger partial charge is 0.337 e. The molecule has 204 valence electrons. The predicted octanol–water partition coefficient (Wildman–Crippen LogP) is 4.09. The molecule has 2 aromatic carbocycles. The zero-order valence-electron chi connectivity index (χ0n) is 22.6. The van der Waals surface area contributed by atoms with Gasteiger partial charge in [-0.05, 0) is 68.3 Å². The van der Waals surface area contributed by atoms with Crippen molar-refractivity contribution in [2.75, 3.05) is 28.2 Å². The fraction of sp³-hybridized carbons (Fsp3) is 0.258. The molecular formula is C31H27N7O3. The predicted molar refractivity (Wildman–Crippen MR) is 154 cm³/mol. The van der Waals surface area contributed by atoms with Gasteiger partial charge in [-0.2, -0.15) is 10.5 Å². The van der Waals surface area contributed by atoms with Gasteiger partial charge in [-0.3, -0.25) is 9.20 Å². The van der Waals surface area contributed by atoms with Crippen molar-refractivity contribution < 1.29 is 9.90 Å². The van der Waals surface area contributed by atoms with E-state index in [1.165, 1.54) is 10.5 Å². The average molecular weight is 546 g/mol. The molecule has 0 saturated carbocycles. The molecule has 5 heterocycles. The summed E-state index contributed by atoms with van der Waals surface area (Å²) in [7, 11) is 0. The van der Waals surface area contributed by atoms with E-state index in [9.17, 15) is 20.0 Å². The molecule has 0 spiro atoms. The number of aryl methyl sites for hydroxylation is 1. The lowest BCUT2D eigenvalue weighted by atomic mass is 9.86. The molecular weight excluding hydrogens is 518 g/mol. The van der Waals surface area contributed by atoms with Crippen molar-refractivity contribution in [2.24, 2.45) is 0 Å². The Labute approximate surface area is 236 Å². The molecule has 2 N–H and O–H groups in total. The lowest BCUT2D eigenvalue weighted by molar-refractivity contribution is 0.0698. The summed E-state index contributed by atoms with van der Waals surface area (Å²) in [5.41, 5.74) is 3.79. The zero-order valence-corrected chi connectivity index (χ0v) is 22.6. The molecule has 10 nitrogen and oxygen atoms in total. The zero-order chi connectivity index (χ0) is 28.8. The van der Waals surface area contributed by atoms with Crippen molar-refractivity contribution in [1.82, 2.24) is 9.38 Å². The van der Waals surface area contributed by atoms with Crippen LogP contribution in [0.25, 0.3) is 5.65 Å². The second-order valence-electron chi connectivity index (χ2n) is 10.6. The number of carboxylic acids is 1. The van der Waals surface area contributed by atoms with E-state index in [0.29, 0.717) is 35.8 Å². The molecule has 41 heavy (non-hydrogen) atoms. The summed E-state index contributed by atoms with van der Waals surface area (Å²) in [4.78, 5) is 34.7. The van der Waals surface area contributed by atoms with Gasteiger partial charge in [-0.15, -0.1) is 0 Å². The van der Waals surface area contributed by atoms with Gasteiger partial charge >= 0.3 is 5.97 Å². The number of piperidine rings is 1. The Kier molecular flexibility index (Phi) is 6.32. The van der Waals surface area contributed by atoms with Gasteiger partial charge in [0.15, 0.2) is 11.4 Å². The Morgan fingerprint density at radius 2 is 1.80 bits per heavy atom. The van der Waals surface area contributed by atoms with Crippen LogP contribution in [-0.4, -0.2) is 45.6 Å². The first-order chi connectivity index (χ1) is 19.8. The maximum Gasteiger partial charge on any atom is 0.337 e. The quantitative estimate of drug-likeness (QED) is 0.367. The van der Waals surface area contributed by atoms with E-state index in [2.05, 4.69) is 22.4 Å². The molecule has 0 radical (unpaired) electrons. The number of para-hydroxylation sites is 1. The molecule has 2 unspecified atom stereocenters. The summed E-state index contributed by atoms with van der Waals surface area (Å²) >= 11 is 0. The molecule has 3 saturated heterocycles. The molecule has 3 atom stereocenters. The fourth-order valence-electron chi connectivity index (χ4n) is 6.06. The minimum atomic E-state index is -1.04. The van der Waals surface area contributed by atoms with Crippen LogP contribution in [0.4, 0.5) is 17.2 Å². The number of hydrogen-bond acceptors (Lipinski definition) is 8. The number of pyridine rings is 1. The number of rotatable bonds is 6. The van der Waals surface area contributed by atoms with Crippen LogP contribution in [0.5, 0.6) is 0 Å². The van der Waals surface area contributed by atoms with Gasteiger partial charge in [0.1, 0.15) is 11.7 Å². The largest absolute Gasteiger partial charge is 0.478 e. The van der Waals surface area contributed by atoms with Crippen LogP contribution in [0.2, 0.25) is 0 Å². The number of nitriles is 2. The minimum Gasteiger partial charge on any atom is -0.478 e. The van der Waals surface area contributed by atoms with Crippen LogP contribution in [0.1, 0.15) is 52.0 Å². The summed E-state index contributed by atoms with van der Waals surface area (Å²) in [6.45, 7) is 4.97. The van der Waals surface area contributed by atoms with Gasteiger partial charge in [0.2, 0.25) is 0 Å². The van der Waals surface area contributed by atoms with Gasteiger partial charge < -0.3 is 20.2 Å². The number of fused-ring (bicyclic) bond motifs is 3. The summed E-state index contributed by atoms with van der Waals surface area (Å²) in [5, 5.41) is 32.1. The number of benzene rings is 2. The molecule has 0 amide bonds. The normalized spacial score (nSPS) is 18.2. The van der Waals surface area contributed by atoms with E-state index in [-0.39, 0.29) is 29.3 Å². The molecule has 0 aliphatic carbocycles. The summed E-state index contributed by atoms with van der Waals surface area (Å²) < 4.78 is 1.42. The molecule has 10 heteroatoms. The highest BCUT2D eigenvalue weighted by Crippen LogP contribution is 2.39. The maximum atomic E-state index is 13.6. The first kappa shape index (κ1) is 25.9. The van der Waals surface area contributed by atoms with Crippen LogP contribution in [-0.2, 0) is 0 Å². The van der Waals surface area contributed by atoms with Gasteiger partial charge in [-0.1, -0.05) is 12.1 Å². The van der Waals surface area contributed by atoms with Crippen LogP contribution in [0.15, 0.2) is 65.6 Å². The number of carbonyl (C=O) groups is 1. The molecule has 2 bridgehead atoms. The molecule has 4 aromatic rings. The third-order valence-electron chi connectivity index (χ3n) is 7.97. The van der Waals surface area contributed by atoms with E-state index < -0.39 is 11.5 Å². The molecule has 3 fully saturated rings. The van der Waals surface area contributed by atoms with Crippen LogP contribution < -0.4 is 20.7 Å². The Bertz CT molecular complexity index is 1820. The molecule has 3 aliphatic heterocycles. The van der Waals surface area contributed by atoms with Crippen LogP contribution in [0.3, 0.4) is 0 Å². The fourth-order valence-corrected chi connectivity index (χ4v) is 6.06. The van der Waals surface area contributed by atoms with Crippen molar-refractivity contribution in [3.05, 3.63) is 99.0 Å². The number of hydrogen-bond donors (Lipinski definition) is 2. The van der Waals surface area contributed by atoms with Crippen LogP contribution in [0, 0.1) is 29.6 Å². The highest BCUT2D eigenvalue weighted by Gasteiger charge is 2.45. The number of aromatic carboxylic acids is 1.